The van der Waals surface area contributed by atoms with Crippen molar-refractivity contribution >= 4 is 40.7 Å². The maximum Gasteiger partial charge on any atom is 0.251 e. The number of nitrogens with zero attached hydrogens (tertiary/aromatic N) is 1. The van der Waals surface area contributed by atoms with Gasteiger partial charge in [0, 0.05) is 36.8 Å². The van der Waals surface area contributed by atoms with Gasteiger partial charge in [0.1, 0.15) is 0 Å². The van der Waals surface area contributed by atoms with Crippen LogP contribution in [-0.4, -0.2) is 43.4 Å². The first-order valence-electron chi connectivity index (χ1n) is 9.39. The van der Waals surface area contributed by atoms with Crippen molar-refractivity contribution in [2.75, 3.05) is 29.9 Å². The van der Waals surface area contributed by atoms with Crippen LogP contribution in [0.5, 0.6) is 0 Å². The molecule has 2 aromatic rings. The highest BCUT2D eigenvalue weighted by atomic mass is 35.5. The number of carbonyl (C=O) groups is 3. The third kappa shape index (κ3) is 5.71. The van der Waals surface area contributed by atoms with Crippen LogP contribution >= 0.6 is 11.6 Å². The van der Waals surface area contributed by atoms with Gasteiger partial charge < -0.3 is 20.9 Å². The summed E-state index contributed by atoms with van der Waals surface area (Å²) >= 11 is 6.35. The molecule has 1 unspecified atom stereocenters. The van der Waals surface area contributed by atoms with Crippen LogP contribution in [0.2, 0.25) is 5.02 Å². The molecule has 1 heterocycles. The van der Waals surface area contributed by atoms with Gasteiger partial charge in [-0.2, -0.15) is 0 Å². The second-order valence-corrected chi connectivity index (χ2v) is 7.34. The molecule has 3 N–H and O–H groups in total. The molecule has 152 valence electrons. The average Bonchev–Trinajstić information content (AvgIpc) is 2.68. The Hall–Kier alpha value is -3.06. The number of nitrogens with one attached hydrogen (secondary N) is 3. The van der Waals surface area contributed by atoms with Gasteiger partial charge in [0.25, 0.3) is 5.91 Å². The minimum absolute atomic E-state index is 0.0452. The van der Waals surface area contributed by atoms with Gasteiger partial charge in [-0.3, -0.25) is 14.4 Å². The number of halogens is 1. The molecule has 0 aromatic heterocycles. The zero-order valence-electron chi connectivity index (χ0n) is 16.1. The van der Waals surface area contributed by atoms with Crippen molar-refractivity contribution in [3.05, 3.63) is 59.1 Å². The largest absolute Gasteiger partial charge is 0.359 e. The SMILES string of the molecule is CC(CC(=O)Nc1ccc(N2CCNC(=O)C2)c(Cl)c1)NC(=O)c1ccccc1. The molecule has 1 saturated heterocycles. The predicted octanol–water partition coefficient (Wildman–Crippen LogP) is 2.42. The molecule has 7 nitrogen and oxygen atoms in total. The molecular weight excluding hydrogens is 392 g/mol. The van der Waals surface area contributed by atoms with Crippen molar-refractivity contribution in [3.63, 3.8) is 0 Å². The number of hydrogen-bond acceptors (Lipinski definition) is 4. The Kier molecular flexibility index (Phi) is 6.72. The van der Waals surface area contributed by atoms with Gasteiger partial charge in [0.05, 0.1) is 17.3 Å². The number of amides is 3. The summed E-state index contributed by atoms with van der Waals surface area (Å²) in [6.45, 7) is 3.28. The fourth-order valence-electron chi connectivity index (χ4n) is 3.12. The lowest BCUT2D eigenvalue weighted by Crippen LogP contribution is -2.47. The van der Waals surface area contributed by atoms with Crippen LogP contribution in [-0.2, 0) is 9.59 Å². The molecule has 0 spiro atoms. The lowest BCUT2D eigenvalue weighted by Gasteiger charge is -2.29. The minimum Gasteiger partial charge on any atom is -0.359 e. The van der Waals surface area contributed by atoms with E-state index in [-0.39, 0.29) is 36.7 Å². The number of anilines is 2. The van der Waals surface area contributed by atoms with Crippen LogP contribution in [0.4, 0.5) is 11.4 Å². The summed E-state index contributed by atoms with van der Waals surface area (Å²) in [5, 5.41) is 8.83. The van der Waals surface area contributed by atoms with E-state index in [1.807, 2.05) is 11.0 Å². The summed E-state index contributed by atoms with van der Waals surface area (Å²) in [6, 6.07) is 13.7. The summed E-state index contributed by atoms with van der Waals surface area (Å²) in [4.78, 5) is 37.9. The van der Waals surface area contributed by atoms with E-state index >= 15 is 0 Å². The Morgan fingerprint density at radius 2 is 1.97 bits per heavy atom. The van der Waals surface area contributed by atoms with E-state index < -0.39 is 0 Å². The summed E-state index contributed by atoms with van der Waals surface area (Å²) in [5.41, 5.74) is 1.86. The molecule has 3 rings (SSSR count). The summed E-state index contributed by atoms with van der Waals surface area (Å²) in [6.07, 6.45) is 0.129. The van der Waals surface area contributed by atoms with Crippen molar-refractivity contribution in [3.8, 4) is 0 Å². The van der Waals surface area contributed by atoms with Crippen LogP contribution in [0.15, 0.2) is 48.5 Å². The first kappa shape index (κ1) is 20.7. The normalized spacial score (nSPS) is 14.7. The lowest BCUT2D eigenvalue weighted by molar-refractivity contribution is -0.120. The van der Waals surface area contributed by atoms with Crippen LogP contribution in [0, 0.1) is 0 Å². The molecule has 1 atom stereocenters. The van der Waals surface area contributed by atoms with Crippen molar-refractivity contribution in [1.82, 2.24) is 10.6 Å². The fraction of sp³-hybridized carbons (Fsp3) is 0.286. The third-order valence-electron chi connectivity index (χ3n) is 4.52. The molecule has 0 saturated carbocycles. The highest BCUT2D eigenvalue weighted by molar-refractivity contribution is 6.33. The third-order valence-corrected chi connectivity index (χ3v) is 4.82. The van der Waals surface area contributed by atoms with Gasteiger partial charge in [0.15, 0.2) is 0 Å². The van der Waals surface area contributed by atoms with Crippen molar-refractivity contribution in [1.29, 1.82) is 0 Å². The van der Waals surface area contributed by atoms with E-state index in [1.165, 1.54) is 0 Å². The smallest absolute Gasteiger partial charge is 0.251 e. The Balaban J connectivity index is 1.54. The zero-order chi connectivity index (χ0) is 20.8. The van der Waals surface area contributed by atoms with Crippen LogP contribution < -0.4 is 20.9 Å². The van der Waals surface area contributed by atoms with E-state index in [9.17, 15) is 14.4 Å². The first-order chi connectivity index (χ1) is 13.9. The maximum atomic E-state index is 12.3. The molecular formula is C21H23ClN4O3. The molecule has 1 aliphatic heterocycles. The highest BCUT2D eigenvalue weighted by Crippen LogP contribution is 2.29. The van der Waals surface area contributed by atoms with Crippen molar-refractivity contribution < 1.29 is 14.4 Å². The quantitative estimate of drug-likeness (QED) is 0.677. The fourth-order valence-corrected chi connectivity index (χ4v) is 3.42. The van der Waals surface area contributed by atoms with Gasteiger partial charge >= 0.3 is 0 Å². The summed E-state index contributed by atoms with van der Waals surface area (Å²) in [7, 11) is 0. The van der Waals surface area contributed by atoms with Gasteiger partial charge in [-0.05, 0) is 37.3 Å². The van der Waals surface area contributed by atoms with Crippen LogP contribution in [0.25, 0.3) is 0 Å². The second-order valence-electron chi connectivity index (χ2n) is 6.93. The summed E-state index contributed by atoms with van der Waals surface area (Å²) in [5.74, 6) is -0.493. The van der Waals surface area contributed by atoms with Gasteiger partial charge in [-0.25, -0.2) is 0 Å². The Bertz CT molecular complexity index is 904. The number of carbonyl (C=O) groups excluding carboxylic acids is 3. The number of rotatable bonds is 6. The Morgan fingerprint density at radius 3 is 2.66 bits per heavy atom. The lowest BCUT2D eigenvalue weighted by atomic mass is 10.1. The molecule has 3 amide bonds. The van der Waals surface area contributed by atoms with Crippen LogP contribution in [0.3, 0.4) is 0 Å². The van der Waals surface area contributed by atoms with E-state index in [2.05, 4.69) is 16.0 Å². The predicted molar refractivity (Wildman–Crippen MR) is 113 cm³/mol. The minimum atomic E-state index is -0.329. The van der Waals surface area contributed by atoms with E-state index in [4.69, 9.17) is 11.6 Å². The van der Waals surface area contributed by atoms with E-state index in [0.717, 1.165) is 5.69 Å². The molecule has 0 bridgehead atoms. The van der Waals surface area contributed by atoms with Crippen molar-refractivity contribution in [2.24, 2.45) is 0 Å². The molecule has 1 aliphatic rings. The molecule has 0 aliphatic carbocycles. The maximum absolute atomic E-state index is 12.3. The summed E-state index contributed by atoms with van der Waals surface area (Å²) < 4.78 is 0. The molecule has 8 heteroatoms. The average molecular weight is 415 g/mol. The highest BCUT2D eigenvalue weighted by Gasteiger charge is 2.19. The van der Waals surface area contributed by atoms with E-state index in [0.29, 0.717) is 29.4 Å². The van der Waals surface area contributed by atoms with Crippen molar-refractivity contribution in [2.45, 2.75) is 19.4 Å². The molecule has 2 aromatic carbocycles. The number of piperazine rings is 1. The second kappa shape index (κ2) is 9.43. The Labute approximate surface area is 174 Å². The van der Waals surface area contributed by atoms with Gasteiger partial charge in [-0.15, -0.1) is 0 Å². The zero-order valence-corrected chi connectivity index (χ0v) is 16.8. The number of hydrogen-bond donors (Lipinski definition) is 3. The van der Waals surface area contributed by atoms with Gasteiger partial charge in [0.2, 0.25) is 11.8 Å². The molecule has 1 fully saturated rings. The standard InChI is InChI=1S/C21H23ClN4O3/c1-14(24-21(29)15-5-3-2-4-6-15)11-19(27)25-16-7-8-18(17(22)12-16)26-10-9-23-20(28)13-26/h2-8,12,14H,9-11,13H2,1H3,(H,23,28)(H,24,29)(H,25,27). The molecule has 29 heavy (non-hydrogen) atoms. The topological polar surface area (TPSA) is 90.5 Å². The Morgan fingerprint density at radius 1 is 1.21 bits per heavy atom. The molecule has 0 radical (unpaired) electrons. The van der Waals surface area contributed by atoms with Crippen LogP contribution in [0.1, 0.15) is 23.7 Å². The van der Waals surface area contributed by atoms with E-state index in [1.54, 1.807) is 49.4 Å². The number of benzene rings is 2. The monoisotopic (exact) mass is 414 g/mol. The van der Waals surface area contributed by atoms with Gasteiger partial charge in [-0.1, -0.05) is 29.8 Å². The first-order valence-corrected chi connectivity index (χ1v) is 9.77.